The molecule has 272 valence electrons. The van der Waals surface area contributed by atoms with E-state index in [1.807, 2.05) is 0 Å². The van der Waals surface area contributed by atoms with Crippen LogP contribution in [0.3, 0.4) is 0 Å². The monoisotopic (exact) mass is 737 g/mol. The predicted octanol–water partition coefficient (Wildman–Crippen LogP) is 15.2. The van der Waals surface area contributed by atoms with E-state index in [0.717, 1.165) is 17.1 Å². The Morgan fingerprint density at radius 2 is 0.828 bits per heavy atom. The average molecular weight is 738 g/mol. The van der Waals surface area contributed by atoms with Crippen LogP contribution < -0.4 is 4.90 Å². The molecule has 0 unspecified atom stereocenters. The van der Waals surface area contributed by atoms with Crippen LogP contribution in [0.1, 0.15) is 22.3 Å². The second kappa shape index (κ2) is 13.9. The van der Waals surface area contributed by atoms with E-state index in [1.165, 1.54) is 77.2 Å². The Hall–Kier alpha value is -7.48. The van der Waals surface area contributed by atoms with Crippen molar-refractivity contribution in [3.8, 4) is 33.4 Å². The molecule has 58 heavy (non-hydrogen) atoms. The number of anilines is 3. The van der Waals surface area contributed by atoms with Gasteiger partial charge in [0.2, 0.25) is 0 Å². The fraction of sp³-hybridized carbons (Fsp3) is 0.0175. The fourth-order valence-corrected chi connectivity index (χ4v) is 9.62. The molecule has 1 aliphatic rings. The number of hydrogen-bond donors (Lipinski definition) is 0. The Balaban J connectivity index is 1.18. The van der Waals surface area contributed by atoms with Crippen LogP contribution in [-0.4, -0.2) is 0 Å². The third kappa shape index (κ3) is 5.32. The van der Waals surface area contributed by atoms with Crippen molar-refractivity contribution >= 4 is 38.6 Å². The first kappa shape index (κ1) is 33.8. The summed E-state index contributed by atoms with van der Waals surface area (Å²) in [4.78, 5) is 2.46. The minimum atomic E-state index is -0.559. The molecule has 0 radical (unpaired) electrons. The van der Waals surface area contributed by atoms with Crippen molar-refractivity contribution in [3.63, 3.8) is 0 Å². The summed E-state index contributed by atoms with van der Waals surface area (Å²) in [5, 5.41) is 4.92. The van der Waals surface area contributed by atoms with Gasteiger partial charge in [-0.3, -0.25) is 0 Å². The molecule has 10 aromatic rings. The van der Waals surface area contributed by atoms with Crippen LogP contribution >= 0.6 is 0 Å². The number of nitrogens with zero attached hydrogens (tertiary/aromatic N) is 1. The normalized spacial score (nSPS) is 12.6. The van der Waals surface area contributed by atoms with E-state index in [4.69, 9.17) is 0 Å². The molecule has 0 atom stereocenters. The highest BCUT2D eigenvalue weighted by Crippen LogP contribution is 2.59. The van der Waals surface area contributed by atoms with E-state index >= 15 is 0 Å². The lowest BCUT2D eigenvalue weighted by molar-refractivity contribution is 0.768. The average Bonchev–Trinajstić information content (AvgIpc) is 3.61. The summed E-state index contributed by atoms with van der Waals surface area (Å²) in [5.41, 5.74) is 15.3. The summed E-state index contributed by atoms with van der Waals surface area (Å²) in [7, 11) is 0. The van der Waals surface area contributed by atoms with E-state index in [9.17, 15) is 0 Å². The first-order chi connectivity index (χ1) is 28.8. The molecule has 0 saturated carbocycles. The lowest BCUT2D eigenvalue weighted by atomic mass is 9.67. The number of rotatable bonds is 7. The number of fused-ring (bicyclic) bond motifs is 5. The molecule has 0 heterocycles. The Labute approximate surface area is 339 Å². The van der Waals surface area contributed by atoms with Gasteiger partial charge in [0.15, 0.2) is 0 Å². The lowest BCUT2D eigenvalue weighted by Crippen LogP contribution is -2.28. The maximum absolute atomic E-state index is 2.48. The molecule has 0 bridgehead atoms. The second-order valence-electron chi connectivity index (χ2n) is 15.2. The summed E-state index contributed by atoms with van der Waals surface area (Å²) in [6.07, 6.45) is 0. The zero-order valence-electron chi connectivity index (χ0n) is 32.0. The van der Waals surface area contributed by atoms with Gasteiger partial charge in [-0.05, 0) is 102 Å². The van der Waals surface area contributed by atoms with Crippen LogP contribution in [0, 0.1) is 0 Å². The van der Waals surface area contributed by atoms with Crippen LogP contribution in [-0.2, 0) is 5.41 Å². The van der Waals surface area contributed by atoms with Gasteiger partial charge in [0, 0.05) is 16.8 Å². The van der Waals surface area contributed by atoms with Gasteiger partial charge in [-0.1, -0.05) is 206 Å². The van der Waals surface area contributed by atoms with Gasteiger partial charge >= 0.3 is 0 Å². The topological polar surface area (TPSA) is 3.24 Å². The third-order valence-electron chi connectivity index (χ3n) is 12.1. The highest BCUT2D eigenvalue weighted by molar-refractivity contribution is 6.02. The van der Waals surface area contributed by atoms with Crippen molar-refractivity contribution in [2.75, 3.05) is 4.90 Å². The molecule has 0 amide bonds. The van der Waals surface area contributed by atoms with E-state index in [2.05, 4.69) is 241 Å². The molecule has 10 aromatic carbocycles. The highest BCUT2D eigenvalue weighted by Gasteiger charge is 2.47. The SMILES string of the molecule is c1ccc(-c2cccc3c2-c2ccc(N(c4ccc(-c5cccc6ccccc56)cc4)c4cccc5ccccc45)cc2C3(c2ccccc2)c2ccccc2)cc1. The van der Waals surface area contributed by atoms with Crippen molar-refractivity contribution in [3.05, 3.63) is 259 Å². The summed E-state index contributed by atoms with van der Waals surface area (Å²) in [6, 6.07) is 86.9. The molecule has 0 spiro atoms. The molecule has 0 fully saturated rings. The van der Waals surface area contributed by atoms with Crippen LogP contribution in [0.25, 0.3) is 54.9 Å². The van der Waals surface area contributed by atoms with Crippen LogP contribution in [0.5, 0.6) is 0 Å². The molecule has 1 nitrogen and oxygen atoms in total. The van der Waals surface area contributed by atoms with Gasteiger partial charge in [-0.15, -0.1) is 0 Å². The molecule has 0 aromatic heterocycles. The Morgan fingerprint density at radius 3 is 1.53 bits per heavy atom. The Kier molecular flexibility index (Phi) is 8.12. The Morgan fingerprint density at radius 1 is 0.310 bits per heavy atom. The van der Waals surface area contributed by atoms with Crippen LogP contribution in [0.15, 0.2) is 237 Å². The fourth-order valence-electron chi connectivity index (χ4n) is 9.62. The largest absolute Gasteiger partial charge is 0.310 e. The second-order valence-corrected chi connectivity index (χ2v) is 15.2. The molecule has 1 aliphatic carbocycles. The van der Waals surface area contributed by atoms with Crippen molar-refractivity contribution < 1.29 is 0 Å². The molecule has 1 heteroatoms. The summed E-state index contributed by atoms with van der Waals surface area (Å²) in [5.74, 6) is 0. The molecule has 11 rings (SSSR count). The van der Waals surface area contributed by atoms with Crippen LogP contribution in [0.2, 0.25) is 0 Å². The Bertz CT molecular complexity index is 3040. The van der Waals surface area contributed by atoms with E-state index in [1.54, 1.807) is 0 Å². The molecular formula is C57H39N. The lowest BCUT2D eigenvalue weighted by Gasteiger charge is -2.35. The van der Waals surface area contributed by atoms with E-state index in [-0.39, 0.29) is 0 Å². The molecule has 0 saturated heterocycles. The molecule has 0 aliphatic heterocycles. The first-order valence-corrected chi connectivity index (χ1v) is 20.1. The van der Waals surface area contributed by atoms with Gasteiger partial charge in [-0.25, -0.2) is 0 Å². The van der Waals surface area contributed by atoms with Gasteiger partial charge in [-0.2, -0.15) is 0 Å². The summed E-state index contributed by atoms with van der Waals surface area (Å²) in [6.45, 7) is 0. The van der Waals surface area contributed by atoms with E-state index in [0.29, 0.717) is 0 Å². The van der Waals surface area contributed by atoms with Crippen molar-refractivity contribution in [2.24, 2.45) is 0 Å². The minimum Gasteiger partial charge on any atom is -0.310 e. The zero-order chi connectivity index (χ0) is 38.5. The summed E-state index contributed by atoms with van der Waals surface area (Å²) < 4.78 is 0. The zero-order valence-corrected chi connectivity index (χ0v) is 32.0. The standard InChI is InChI=1S/C57H39N/c1-4-17-42(18-5-1)51-30-16-31-53-56(51)52-38-37-47(39-54(52)57(53,44-23-6-2-7-24-44)45-25-8-3-9-26-45)58(55-32-15-22-41-20-11-13-28-50(41)55)46-35-33-43(34-36-46)49-29-14-21-40-19-10-12-27-48(40)49/h1-39H. The molecular weight excluding hydrogens is 699 g/mol. The van der Waals surface area contributed by atoms with E-state index < -0.39 is 5.41 Å². The maximum Gasteiger partial charge on any atom is 0.0714 e. The predicted molar refractivity (Wildman–Crippen MR) is 244 cm³/mol. The van der Waals surface area contributed by atoms with Gasteiger partial charge in [0.25, 0.3) is 0 Å². The maximum atomic E-state index is 2.48. The van der Waals surface area contributed by atoms with Crippen molar-refractivity contribution in [2.45, 2.75) is 5.41 Å². The smallest absolute Gasteiger partial charge is 0.0714 e. The van der Waals surface area contributed by atoms with Gasteiger partial charge in [0.1, 0.15) is 0 Å². The van der Waals surface area contributed by atoms with Gasteiger partial charge in [0.05, 0.1) is 11.1 Å². The minimum absolute atomic E-state index is 0.559. The highest BCUT2D eigenvalue weighted by atomic mass is 15.1. The quantitative estimate of drug-likeness (QED) is 0.157. The van der Waals surface area contributed by atoms with Crippen molar-refractivity contribution in [1.82, 2.24) is 0 Å². The molecule has 0 N–H and O–H groups in total. The van der Waals surface area contributed by atoms with Gasteiger partial charge < -0.3 is 4.90 Å². The van der Waals surface area contributed by atoms with Crippen molar-refractivity contribution in [1.29, 1.82) is 0 Å². The number of hydrogen-bond acceptors (Lipinski definition) is 1. The van der Waals surface area contributed by atoms with Crippen LogP contribution in [0.4, 0.5) is 17.1 Å². The third-order valence-corrected chi connectivity index (χ3v) is 12.1. The summed E-state index contributed by atoms with van der Waals surface area (Å²) >= 11 is 0. The first-order valence-electron chi connectivity index (χ1n) is 20.1. The number of benzene rings is 10.